The van der Waals surface area contributed by atoms with Gasteiger partial charge in [-0.3, -0.25) is 4.79 Å². The normalized spacial score (nSPS) is 10.2. The Balaban J connectivity index is 1.87. The summed E-state index contributed by atoms with van der Waals surface area (Å²) in [6.07, 6.45) is 1.47. The summed E-state index contributed by atoms with van der Waals surface area (Å²) < 4.78 is 5.21. The third-order valence-electron chi connectivity index (χ3n) is 3.40. The van der Waals surface area contributed by atoms with Crippen molar-refractivity contribution in [3.63, 3.8) is 0 Å². The molecule has 0 aliphatic rings. The second-order valence-corrected chi connectivity index (χ2v) is 4.88. The lowest BCUT2D eigenvalue weighted by Gasteiger charge is -2.08. The molecule has 0 aliphatic heterocycles. The Morgan fingerprint density at radius 3 is 2.57 bits per heavy atom. The van der Waals surface area contributed by atoms with Gasteiger partial charge in [-0.2, -0.15) is 0 Å². The van der Waals surface area contributed by atoms with Crippen LogP contribution in [0.1, 0.15) is 29.3 Å². The minimum Gasteiger partial charge on any atom is -0.497 e. The van der Waals surface area contributed by atoms with Crippen molar-refractivity contribution >= 4 is 11.5 Å². The fourth-order valence-corrected chi connectivity index (χ4v) is 2.16. The minimum absolute atomic E-state index is 0.179. The molecule has 0 radical (unpaired) electrons. The van der Waals surface area contributed by atoms with Gasteiger partial charge in [0.25, 0.3) is 0 Å². The number of rotatable bonds is 7. The first kappa shape index (κ1) is 15.1. The fraction of sp³-hybridized carbons (Fsp3) is 0.278. The number of anilines is 1. The predicted octanol–water partition coefficient (Wildman–Crippen LogP) is 3.94. The standard InChI is InChI=1S/C18H21NO2/c1-3-18(20)15-7-9-16(10-8-15)19-12-11-14-5-4-6-17(13-14)21-2/h4-10,13,19H,3,11-12H2,1-2H3. The van der Waals surface area contributed by atoms with E-state index >= 15 is 0 Å². The van der Waals surface area contributed by atoms with Crippen LogP contribution in [0.3, 0.4) is 0 Å². The van der Waals surface area contributed by atoms with E-state index < -0.39 is 0 Å². The SMILES string of the molecule is CCC(=O)c1ccc(NCCc2cccc(OC)c2)cc1. The van der Waals surface area contributed by atoms with Gasteiger partial charge >= 0.3 is 0 Å². The molecular weight excluding hydrogens is 262 g/mol. The van der Waals surface area contributed by atoms with Crippen molar-refractivity contribution in [1.82, 2.24) is 0 Å². The van der Waals surface area contributed by atoms with E-state index in [9.17, 15) is 4.79 Å². The summed E-state index contributed by atoms with van der Waals surface area (Å²) in [7, 11) is 1.68. The molecule has 2 aromatic rings. The molecular formula is C18H21NO2. The molecule has 3 heteroatoms. The van der Waals surface area contributed by atoms with Gasteiger partial charge in [0, 0.05) is 24.2 Å². The van der Waals surface area contributed by atoms with Crippen molar-refractivity contribution in [3.05, 3.63) is 59.7 Å². The van der Waals surface area contributed by atoms with E-state index in [1.807, 2.05) is 49.4 Å². The van der Waals surface area contributed by atoms with Crippen LogP contribution in [-0.2, 0) is 6.42 Å². The molecule has 0 aliphatic carbocycles. The number of methoxy groups -OCH3 is 1. The summed E-state index contributed by atoms with van der Waals surface area (Å²) in [5.74, 6) is 1.06. The average molecular weight is 283 g/mol. The Kier molecular flexibility index (Phi) is 5.38. The summed E-state index contributed by atoms with van der Waals surface area (Å²) in [4.78, 5) is 11.6. The quantitative estimate of drug-likeness (QED) is 0.782. The van der Waals surface area contributed by atoms with Crippen LogP contribution in [0.4, 0.5) is 5.69 Å². The highest BCUT2D eigenvalue weighted by atomic mass is 16.5. The average Bonchev–Trinajstić information content (AvgIpc) is 2.55. The molecule has 0 saturated heterocycles. The number of nitrogens with one attached hydrogen (secondary N) is 1. The number of carbonyl (C=O) groups excluding carboxylic acids is 1. The summed E-state index contributed by atoms with van der Waals surface area (Å²) >= 11 is 0. The van der Waals surface area contributed by atoms with E-state index in [0.717, 1.165) is 30.0 Å². The minimum atomic E-state index is 0.179. The fourth-order valence-electron chi connectivity index (χ4n) is 2.16. The molecule has 0 aromatic heterocycles. The first-order chi connectivity index (χ1) is 10.2. The van der Waals surface area contributed by atoms with Crippen molar-refractivity contribution in [2.24, 2.45) is 0 Å². The molecule has 0 atom stereocenters. The Morgan fingerprint density at radius 2 is 1.90 bits per heavy atom. The lowest BCUT2D eigenvalue weighted by Crippen LogP contribution is -2.05. The summed E-state index contributed by atoms with van der Waals surface area (Å²) in [6.45, 7) is 2.72. The smallest absolute Gasteiger partial charge is 0.162 e. The number of ketones is 1. The van der Waals surface area contributed by atoms with Crippen LogP contribution in [0.15, 0.2) is 48.5 Å². The number of ether oxygens (including phenoxy) is 1. The van der Waals surface area contributed by atoms with Gasteiger partial charge in [0.05, 0.1) is 7.11 Å². The van der Waals surface area contributed by atoms with Gasteiger partial charge < -0.3 is 10.1 Å². The van der Waals surface area contributed by atoms with E-state index in [1.165, 1.54) is 5.56 Å². The number of hydrogen-bond acceptors (Lipinski definition) is 3. The van der Waals surface area contributed by atoms with Gasteiger partial charge in [0.1, 0.15) is 5.75 Å². The molecule has 2 aromatic carbocycles. The van der Waals surface area contributed by atoms with Crippen LogP contribution in [0.5, 0.6) is 5.75 Å². The van der Waals surface area contributed by atoms with Crippen LogP contribution in [0, 0.1) is 0 Å². The first-order valence-electron chi connectivity index (χ1n) is 7.23. The second-order valence-electron chi connectivity index (χ2n) is 4.88. The Labute approximate surface area is 126 Å². The lowest BCUT2D eigenvalue weighted by atomic mass is 10.1. The first-order valence-corrected chi connectivity index (χ1v) is 7.23. The number of carbonyl (C=O) groups is 1. The monoisotopic (exact) mass is 283 g/mol. The third-order valence-corrected chi connectivity index (χ3v) is 3.40. The zero-order chi connectivity index (χ0) is 15.1. The van der Waals surface area contributed by atoms with E-state index in [2.05, 4.69) is 11.4 Å². The Bertz CT molecular complexity index is 590. The molecule has 1 N–H and O–H groups in total. The Hall–Kier alpha value is -2.29. The maximum Gasteiger partial charge on any atom is 0.162 e. The lowest BCUT2D eigenvalue weighted by molar-refractivity contribution is 0.0988. The van der Waals surface area contributed by atoms with Gasteiger partial charge in [0.15, 0.2) is 5.78 Å². The highest BCUT2D eigenvalue weighted by molar-refractivity contribution is 5.96. The van der Waals surface area contributed by atoms with Crippen LogP contribution in [0.2, 0.25) is 0 Å². The number of Topliss-reactive ketones (excluding diaryl/α,β-unsaturated/α-hetero) is 1. The molecule has 0 bridgehead atoms. The largest absolute Gasteiger partial charge is 0.497 e. The zero-order valence-corrected chi connectivity index (χ0v) is 12.6. The molecule has 0 saturated carbocycles. The highest BCUT2D eigenvalue weighted by Gasteiger charge is 2.02. The maximum atomic E-state index is 11.6. The topological polar surface area (TPSA) is 38.3 Å². The molecule has 110 valence electrons. The van der Waals surface area contributed by atoms with Gasteiger partial charge in [-0.05, 0) is 48.4 Å². The summed E-state index contributed by atoms with van der Waals surface area (Å²) in [6, 6.07) is 15.7. The molecule has 2 rings (SSSR count). The van der Waals surface area contributed by atoms with E-state index in [0.29, 0.717) is 6.42 Å². The molecule has 0 spiro atoms. The maximum absolute atomic E-state index is 11.6. The van der Waals surface area contributed by atoms with Crippen LogP contribution >= 0.6 is 0 Å². The predicted molar refractivity (Wildman–Crippen MR) is 86.3 cm³/mol. The van der Waals surface area contributed by atoms with E-state index in [4.69, 9.17) is 4.74 Å². The summed E-state index contributed by atoms with van der Waals surface area (Å²) in [5.41, 5.74) is 3.04. The van der Waals surface area contributed by atoms with Gasteiger partial charge in [-0.15, -0.1) is 0 Å². The molecule has 0 heterocycles. The highest BCUT2D eigenvalue weighted by Crippen LogP contribution is 2.14. The van der Waals surface area contributed by atoms with Gasteiger partial charge in [0.2, 0.25) is 0 Å². The van der Waals surface area contributed by atoms with Crippen molar-refractivity contribution < 1.29 is 9.53 Å². The molecule has 0 fully saturated rings. The van der Waals surface area contributed by atoms with Crippen molar-refractivity contribution in [2.45, 2.75) is 19.8 Å². The van der Waals surface area contributed by atoms with E-state index in [1.54, 1.807) is 7.11 Å². The van der Waals surface area contributed by atoms with Crippen LogP contribution in [-0.4, -0.2) is 19.4 Å². The zero-order valence-electron chi connectivity index (χ0n) is 12.6. The van der Waals surface area contributed by atoms with Crippen molar-refractivity contribution in [3.8, 4) is 5.75 Å². The van der Waals surface area contributed by atoms with Crippen molar-refractivity contribution in [2.75, 3.05) is 19.0 Å². The number of hydrogen-bond donors (Lipinski definition) is 1. The number of benzene rings is 2. The molecule has 21 heavy (non-hydrogen) atoms. The van der Waals surface area contributed by atoms with Crippen molar-refractivity contribution in [1.29, 1.82) is 0 Å². The van der Waals surface area contributed by atoms with Gasteiger partial charge in [-0.25, -0.2) is 0 Å². The van der Waals surface area contributed by atoms with E-state index in [-0.39, 0.29) is 5.78 Å². The third kappa shape index (κ3) is 4.35. The molecule has 0 amide bonds. The molecule has 0 unspecified atom stereocenters. The second kappa shape index (κ2) is 7.48. The Morgan fingerprint density at radius 1 is 1.14 bits per heavy atom. The molecule has 3 nitrogen and oxygen atoms in total. The summed E-state index contributed by atoms with van der Waals surface area (Å²) in [5, 5.41) is 3.36. The van der Waals surface area contributed by atoms with Crippen LogP contribution < -0.4 is 10.1 Å². The van der Waals surface area contributed by atoms with Crippen LogP contribution in [0.25, 0.3) is 0 Å². The van der Waals surface area contributed by atoms with Gasteiger partial charge in [-0.1, -0.05) is 19.1 Å².